The molecule has 0 aliphatic heterocycles. The van der Waals surface area contributed by atoms with E-state index in [1.165, 1.54) is 0 Å². The third-order valence-electron chi connectivity index (χ3n) is 2.74. The molecule has 2 aromatic rings. The molecule has 0 bridgehead atoms. The lowest BCUT2D eigenvalue weighted by Gasteiger charge is -2.11. The minimum Gasteiger partial charge on any atom is -0.490 e. The summed E-state index contributed by atoms with van der Waals surface area (Å²) in [4.78, 5) is 4.20. The van der Waals surface area contributed by atoms with Gasteiger partial charge in [0.05, 0.1) is 19.4 Å². The fourth-order valence-electron chi connectivity index (χ4n) is 1.89. The SMILES string of the molecule is CCOc1ccc(-c2cnc(CCN)o2)cc1OCC. The van der Waals surface area contributed by atoms with Crippen molar-refractivity contribution < 1.29 is 13.9 Å². The highest BCUT2D eigenvalue weighted by atomic mass is 16.5. The normalized spacial score (nSPS) is 10.6. The average Bonchev–Trinajstić information content (AvgIpc) is 2.90. The second-order valence-corrected chi connectivity index (χ2v) is 4.18. The fraction of sp³-hybridized carbons (Fsp3) is 0.400. The highest BCUT2D eigenvalue weighted by molar-refractivity contribution is 5.62. The summed E-state index contributed by atoms with van der Waals surface area (Å²) in [7, 11) is 0. The molecule has 20 heavy (non-hydrogen) atoms. The van der Waals surface area contributed by atoms with Gasteiger partial charge in [-0.15, -0.1) is 0 Å². The molecule has 0 radical (unpaired) electrons. The van der Waals surface area contributed by atoms with Crippen LogP contribution in [-0.4, -0.2) is 24.7 Å². The van der Waals surface area contributed by atoms with E-state index in [1.54, 1.807) is 6.20 Å². The molecule has 0 saturated carbocycles. The Labute approximate surface area is 118 Å². The van der Waals surface area contributed by atoms with Gasteiger partial charge >= 0.3 is 0 Å². The van der Waals surface area contributed by atoms with Crippen molar-refractivity contribution in [3.05, 3.63) is 30.3 Å². The maximum Gasteiger partial charge on any atom is 0.196 e. The van der Waals surface area contributed by atoms with Crippen molar-refractivity contribution >= 4 is 0 Å². The fourth-order valence-corrected chi connectivity index (χ4v) is 1.89. The molecule has 1 aromatic heterocycles. The van der Waals surface area contributed by atoms with E-state index in [2.05, 4.69) is 4.98 Å². The van der Waals surface area contributed by atoms with Crippen LogP contribution in [0, 0.1) is 0 Å². The molecule has 0 saturated heterocycles. The molecule has 5 heteroatoms. The summed E-state index contributed by atoms with van der Waals surface area (Å²) in [5.74, 6) is 2.80. The molecule has 0 unspecified atom stereocenters. The Morgan fingerprint density at radius 1 is 1.15 bits per heavy atom. The predicted molar refractivity (Wildman–Crippen MR) is 77.0 cm³/mol. The average molecular weight is 276 g/mol. The number of oxazole rings is 1. The first kappa shape index (κ1) is 14.4. The Kier molecular flexibility index (Phi) is 5.01. The van der Waals surface area contributed by atoms with Gasteiger partial charge in [0, 0.05) is 18.5 Å². The zero-order valence-corrected chi connectivity index (χ0v) is 11.9. The summed E-state index contributed by atoms with van der Waals surface area (Å²) in [6.07, 6.45) is 2.34. The molecule has 0 fully saturated rings. The Hall–Kier alpha value is -2.01. The first-order chi connectivity index (χ1) is 9.78. The van der Waals surface area contributed by atoms with E-state index in [9.17, 15) is 0 Å². The number of hydrogen-bond donors (Lipinski definition) is 1. The third-order valence-corrected chi connectivity index (χ3v) is 2.74. The highest BCUT2D eigenvalue weighted by Crippen LogP contribution is 2.33. The van der Waals surface area contributed by atoms with Crippen molar-refractivity contribution in [3.63, 3.8) is 0 Å². The topological polar surface area (TPSA) is 70.5 Å². The van der Waals surface area contributed by atoms with Gasteiger partial charge < -0.3 is 19.6 Å². The molecule has 108 valence electrons. The van der Waals surface area contributed by atoms with Crippen LogP contribution in [0.5, 0.6) is 11.5 Å². The summed E-state index contributed by atoms with van der Waals surface area (Å²) in [6, 6.07) is 5.72. The zero-order chi connectivity index (χ0) is 14.4. The molecular weight excluding hydrogens is 256 g/mol. The van der Waals surface area contributed by atoms with Gasteiger partial charge in [-0.25, -0.2) is 4.98 Å². The van der Waals surface area contributed by atoms with Crippen LogP contribution in [0.15, 0.2) is 28.8 Å². The van der Waals surface area contributed by atoms with Crippen molar-refractivity contribution in [2.75, 3.05) is 19.8 Å². The monoisotopic (exact) mass is 276 g/mol. The van der Waals surface area contributed by atoms with E-state index in [0.29, 0.717) is 43.6 Å². The van der Waals surface area contributed by atoms with Crippen LogP contribution in [0.4, 0.5) is 0 Å². The zero-order valence-electron chi connectivity index (χ0n) is 11.9. The van der Waals surface area contributed by atoms with Gasteiger partial charge in [0.25, 0.3) is 0 Å². The maximum atomic E-state index is 5.66. The number of benzene rings is 1. The van der Waals surface area contributed by atoms with Crippen molar-refractivity contribution in [2.45, 2.75) is 20.3 Å². The quantitative estimate of drug-likeness (QED) is 0.841. The first-order valence-corrected chi connectivity index (χ1v) is 6.83. The Morgan fingerprint density at radius 3 is 2.60 bits per heavy atom. The van der Waals surface area contributed by atoms with Crippen LogP contribution in [0.2, 0.25) is 0 Å². The molecule has 1 heterocycles. The molecule has 1 aromatic carbocycles. The first-order valence-electron chi connectivity index (χ1n) is 6.83. The van der Waals surface area contributed by atoms with Crippen molar-refractivity contribution in [2.24, 2.45) is 5.73 Å². The van der Waals surface area contributed by atoms with E-state index in [4.69, 9.17) is 19.6 Å². The van der Waals surface area contributed by atoms with Gasteiger partial charge in [-0.2, -0.15) is 0 Å². The number of hydrogen-bond acceptors (Lipinski definition) is 5. The molecular formula is C15H20N2O3. The van der Waals surface area contributed by atoms with Gasteiger partial charge in [0.2, 0.25) is 0 Å². The number of nitrogens with zero attached hydrogens (tertiary/aromatic N) is 1. The summed E-state index contributed by atoms with van der Waals surface area (Å²) < 4.78 is 16.8. The molecule has 0 amide bonds. The second-order valence-electron chi connectivity index (χ2n) is 4.18. The van der Waals surface area contributed by atoms with Gasteiger partial charge in [-0.1, -0.05) is 0 Å². The summed E-state index contributed by atoms with van der Waals surface area (Å²) in [5.41, 5.74) is 6.40. The Bertz CT molecular complexity index is 552. The summed E-state index contributed by atoms with van der Waals surface area (Å²) >= 11 is 0. The number of aromatic nitrogens is 1. The predicted octanol–water partition coefficient (Wildman–Crippen LogP) is 2.64. The number of nitrogens with two attached hydrogens (primary N) is 1. The van der Waals surface area contributed by atoms with Crippen LogP contribution in [0.3, 0.4) is 0 Å². The van der Waals surface area contributed by atoms with Crippen molar-refractivity contribution in [1.29, 1.82) is 0 Å². The van der Waals surface area contributed by atoms with E-state index < -0.39 is 0 Å². The van der Waals surface area contributed by atoms with Crippen molar-refractivity contribution in [3.8, 4) is 22.8 Å². The lowest BCUT2D eigenvalue weighted by Crippen LogP contribution is -2.02. The molecule has 0 aliphatic rings. The highest BCUT2D eigenvalue weighted by Gasteiger charge is 2.11. The summed E-state index contributed by atoms with van der Waals surface area (Å²) in [5, 5.41) is 0. The van der Waals surface area contributed by atoms with E-state index in [1.807, 2.05) is 32.0 Å². The number of ether oxygens (including phenoxy) is 2. The molecule has 0 spiro atoms. The number of rotatable bonds is 7. The van der Waals surface area contributed by atoms with E-state index >= 15 is 0 Å². The van der Waals surface area contributed by atoms with Crippen LogP contribution in [0.1, 0.15) is 19.7 Å². The second kappa shape index (κ2) is 6.96. The minimum atomic E-state index is 0.521. The van der Waals surface area contributed by atoms with Gasteiger partial charge in [-0.3, -0.25) is 0 Å². The van der Waals surface area contributed by atoms with Crippen LogP contribution in [0.25, 0.3) is 11.3 Å². The summed E-state index contributed by atoms with van der Waals surface area (Å²) in [6.45, 7) is 5.59. The molecule has 0 atom stereocenters. The maximum absolute atomic E-state index is 5.66. The van der Waals surface area contributed by atoms with E-state index in [-0.39, 0.29) is 0 Å². The Balaban J connectivity index is 2.28. The van der Waals surface area contributed by atoms with Gasteiger partial charge in [0.1, 0.15) is 0 Å². The van der Waals surface area contributed by atoms with Crippen LogP contribution in [-0.2, 0) is 6.42 Å². The Morgan fingerprint density at radius 2 is 1.90 bits per heavy atom. The lowest BCUT2D eigenvalue weighted by molar-refractivity contribution is 0.288. The lowest BCUT2D eigenvalue weighted by atomic mass is 10.1. The largest absolute Gasteiger partial charge is 0.490 e. The standard InChI is InChI=1S/C15H20N2O3/c1-3-18-12-6-5-11(9-13(12)19-4-2)14-10-17-15(20-14)7-8-16/h5-6,9-10H,3-4,7-8,16H2,1-2H3. The molecule has 2 rings (SSSR count). The van der Waals surface area contributed by atoms with E-state index in [0.717, 1.165) is 11.3 Å². The van der Waals surface area contributed by atoms with Crippen LogP contribution >= 0.6 is 0 Å². The van der Waals surface area contributed by atoms with Gasteiger partial charge in [0.15, 0.2) is 23.1 Å². The minimum absolute atomic E-state index is 0.521. The van der Waals surface area contributed by atoms with Gasteiger partial charge in [-0.05, 0) is 32.0 Å². The third kappa shape index (κ3) is 3.30. The van der Waals surface area contributed by atoms with Crippen LogP contribution < -0.4 is 15.2 Å². The smallest absolute Gasteiger partial charge is 0.196 e. The molecule has 5 nitrogen and oxygen atoms in total. The molecule has 2 N–H and O–H groups in total. The van der Waals surface area contributed by atoms with Crippen molar-refractivity contribution in [1.82, 2.24) is 4.98 Å². The molecule has 0 aliphatic carbocycles.